The summed E-state index contributed by atoms with van der Waals surface area (Å²) in [7, 11) is 1.67. The molecule has 6 heteroatoms. The molecule has 1 aromatic carbocycles. The third-order valence-electron chi connectivity index (χ3n) is 3.28. The average Bonchev–Trinajstić information content (AvgIpc) is 3.04. The minimum absolute atomic E-state index is 0.0747. The number of anilines is 1. The van der Waals surface area contributed by atoms with E-state index in [1.54, 1.807) is 25.4 Å². The van der Waals surface area contributed by atoms with Crippen LogP contribution in [0.5, 0.6) is 11.5 Å². The van der Waals surface area contributed by atoms with E-state index in [4.69, 9.17) is 9.47 Å². The van der Waals surface area contributed by atoms with Crippen molar-refractivity contribution in [3.8, 4) is 11.5 Å². The lowest BCUT2D eigenvalue weighted by atomic mass is 10.1. The van der Waals surface area contributed by atoms with Crippen LogP contribution >= 0.6 is 0 Å². The number of benzene rings is 1. The van der Waals surface area contributed by atoms with Crippen LogP contribution in [0, 0.1) is 0 Å². The molecular formula is C14H17N3O3. The summed E-state index contributed by atoms with van der Waals surface area (Å²) >= 11 is 0. The first-order chi connectivity index (χ1) is 9.76. The van der Waals surface area contributed by atoms with E-state index in [2.05, 4.69) is 10.4 Å². The van der Waals surface area contributed by atoms with E-state index in [0.717, 1.165) is 23.5 Å². The molecule has 0 bridgehead atoms. The summed E-state index contributed by atoms with van der Waals surface area (Å²) in [6.45, 7) is 1.90. The highest BCUT2D eigenvalue weighted by atomic mass is 16.5. The lowest BCUT2D eigenvalue weighted by Crippen LogP contribution is -2.11. The largest absolute Gasteiger partial charge is 0.508 e. The van der Waals surface area contributed by atoms with Crippen molar-refractivity contribution in [1.29, 1.82) is 0 Å². The molecule has 2 heterocycles. The number of nitrogens with one attached hydrogen (secondary N) is 1. The molecule has 2 N–H and O–H groups in total. The lowest BCUT2D eigenvalue weighted by Gasteiger charge is -2.10. The van der Waals surface area contributed by atoms with Crippen LogP contribution in [0.3, 0.4) is 0 Å². The van der Waals surface area contributed by atoms with Crippen LogP contribution in [-0.4, -0.2) is 35.2 Å². The fourth-order valence-electron chi connectivity index (χ4n) is 2.26. The molecule has 0 saturated carbocycles. The highest BCUT2D eigenvalue weighted by Gasteiger charge is 2.24. The maximum absolute atomic E-state index is 9.43. The van der Waals surface area contributed by atoms with E-state index in [-0.39, 0.29) is 11.8 Å². The molecule has 0 aliphatic carbocycles. The third-order valence-corrected chi connectivity index (χ3v) is 3.28. The maximum atomic E-state index is 9.43. The Balaban J connectivity index is 1.69. The molecule has 3 rings (SSSR count). The number of hydrogen-bond donors (Lipinski definition) is 2. The van der Waals surface area contributed by atoms with Crippen molar-refractivity contribution in [3.05, 3.63) is 36.2 Å². The van der Waals surface area contributed by atoms with Gasteiger partial charge < -0.3 is 19.9 Å². The number of hydrogen-bond acceptors (Lipinski definition) is 5. The normalized spacial score (nSPS) is 16.8. The van der Waals surface area contributed by atoms with Crippen molar-refractivity contribution in [2.45, 2.75) is 12.6 Å². The van der Waals surface area contributed by atoms with Gasteiger partial charge in [-0.1, -0.05) is 0 Å². The van der Waals surface area contributed by atoms with Gasteiger partial charge in [-0.25, -0.2) is 0 Å². The van der Waals surface area contributed by atoms with Crippen molar-refractivity contribution in [2.75, 3.05) is 25.6 Å². The second kappa shape index (κ2) is 5.42. The van der Waals surface area contributed by atoms with Gasteiger partial charge in [-0.3, -0.25) is 4.68 Å². The van der Waals surface area contributed by atoms with Gasteiger partial charge in [0.1, 0.15) is 18.1 Å². The van der Waals surface area contributed by atoms with Crippen LogP contribution < -0.4 is 10.1 Å². The number of nitrogens with zero attached hydrogens (tertiary/aromatic N) is 2. The number of fused-ring (bicyclic) bond motifs is 1. The van der Waals surface area contributed by atoms with Crippen molar-refractivity contribution in [1.82, 2.24) is 9.78 Å². The van der Waals surface area contributed by atoms with E-state index in [1.165, 1.54) is 0 Å². The Morgan fingerprint density at radius 1 is 1.55 bits per heavy atom. The summed E-state index contributed by atoms with van der Waals surface area (Å²) in [5, 5.41) is 17.1. The highest BCUT2D eigenvalue weighted by molar-refractivity contribution is 5.50. The SMILES string of the molecule is COCCn1cc(NC2COc3cc(O)ccc32)cn1. The van der Waals surface area contributed by atoms with Crippen LogP contribution in [0.2, 0.25) is 0 Å². The first-order valence-electron chi connectivity index (χ1n) is 6.50. The fourth-order valence-corrected chi connectivity index (χ4v) is 2.26. The van der Waals surface area contributed by atoms with Gasteiger partial charge in [0.15, 0.2) is 0 Å². The number of phenols is 1. The van der Waals surface area contributed by atoms with E-state index in [9.17, 15) is 5.11 Å². The Hall–Kier alpha value is -2.21. The summed E-state index contributed by atoms with van der Waals surface area (Å²) < 4.78 is 12.4. The molecule has 2 aromatic rings. The number of aromatic hydroxyl groups is 1. The summed E-state index contributed by atoms with van der Waals surface area (Å²) in [6, 6.07) is 5.26. The summed E-state index contributed by atoms with van der Waals surface area (Å²) in [6.07, 6.45) is 3.73. The van der Waals surface area contributed by atoms with Gasteiger partial charge in [0.2, 0.25) is 0 Å². The van der Waals surface area contributed by atoms with Crippen LogP contribution in [0.1, 0.15) is 11.6 Å². The van der Waals surface area contributed by atoms with Crippen LogP contribution in [0.4, 0.5) is 5.69 Å². The monoisotopic (exact) mass is 275 g/mol. The molecule has 1 aromatic heterocycles. The Morgan fingerprint density at radius 3 is 3.30 bits per heavy atom. The summed E-state index contributed by atoms with van der Waals surface area (Å²) in [5.74, 6) is 0.950. The van der Waals surface area contributed by atoms with Gasteiger partial charge in [-0.15, -0.1) is 0 Å². The average molecular weight is 275 g/mol. The number of phenolic OH excluding ortho intramolecular Hbond substituents is 1. The molecule has 1 aliphatic heterocycles. The number of methoxy groups -OCH3 is 1. The van der Waals surface area contributed by atoms with Gasteiger partial charge in [0.05, 0.1) is 31.1 Å². The number of ether oxygens (including phenoxy) is 2. The Bertz CT molecular complexity index is 597. The van der Waals surface area contributed by atoms with E-state index in [0.29, 0.717) is 13.2 Å². The number of rotatable bonds is 5. The van der Waals surface area contributed by atoms with Gasteiger partial charge >= 0.3 is 0 Å². The van der Waals surface area contributed by atoms with E-state index < -0.39 is 0 Å². The van der Waals surface area contributed by atoms with Crippen molar-refractivity contribution in [3.63, 3.8) is 0 Å². The van der Waals surface area contributed by atoms with Gasteiger partial charge in [0.25, 0.3) is 0 Å². The smallest absolute Gasteiger partial charge is 0.128 e. The Labute approximate surface area is 116 Å². The molecule has 1 atom stereocenters. The van der Waals surface area contributed by atoms with Crippen LogP contribution in [0.25, 0.3) is 0 Å². The molecule has 0 saturated heterocycles. The molecule has 0 radical (unpaired) electrons. The molecule has 20 heavy (non-hydrogen) atoms. The second-order valence-electron chi connectivity index (χ2n) is 4.71. The van der Waals surface area contributed by atoms with Crippen LogP contribution in [0.15, 0.2) is 30.6 Å². The number of aromatic nitrogens is 2. The molecule has 0 spiro atoms. The summed E-state index contributed by atoms with van der Waals surface area (Å²) in [5.41, 5.74) is 1.99. The van der Waals surface area contributed by atoms with Gasteiger partial charge in [-0.2, -0.15) is 5.10 Å². The topological polar surface area (TPSA) is 68.5 Å². The molecule has 0 fully saturated rings. The van der Waals surface area contributed by atoms with E-state index >= 15 is 0 Å². The fraction of sp³-hybridized carbons (Fsp3) is 0.357. The van der Waals surface area contributed by atoms with Gasteiger partial charge in [0, 0.05) is 24.9 Å². The van der Waals surface area contributed by atoms with Gasteiger partial charge in [-0.05, 0) is 12.1 Å². The Morgan fingerprint density at radius 2 is 2.45 bits per heavy atom. The van der Waals surface area contributed by atoms with Crippen molar-refractivity contribution in [2.24, 2.45) is 0 Å². The zero-order chi connectivity index (χ0) is 13.9. The molecule has 106 valence electrons. The molecule has 1 unspecified atom stereocenters. The quantitative estimate of drug-likeness (QED) is 0.870. The highest BCUT2D eigenvalue weighted by Crippen LogP contribution is 2.36. The third kappa shape index (κ3) is 2.55. The molecule has 1 aliphatic rings. The first kappa shape index (κ1) is 12.8. The van der Waals surface area contributed by atoms with Crippen LogP contribution in [-0.2, 0) is 11.3 Å². The maximum Gasteiger partial charge on any atom is 0.128 e. The van der Waals surface area contributed by atoms with E-state index in [1.807, 2.05) is 16.9 Å². The predicted molar refractivity (Wildman–Crippen MR) is 74.1 cm³/mol. The zero-order valence-electron chi connectivity index (χ0n) is 11.2. The lowest BCUT2D eigenvalue weighted by molar-refractivity contribution is 0.183. The minimum atomic E-state index is 0.0747. The first-order valence-corrected chi connectivity index (χ1v) is 6.50. The van der Waals surface area contributed by atoms with Crippen molar-refractivity contribution >= 4 is 5.69 Å². The zero-order valence-corrected chi connectivity index (χ0v) is 11.2. The predicted octanol–water partition coefficient (Wildman–Crippen LogP) is 1.78. The Kier molecular flexibility index (Phi) is 3.47. The second-order valence-corrected chi connectivity index (χ2v) is 4.71. The molecule has 0 amide bonds. The summed E-state index contributed by atoms with van der Waals surface area (Å²) in [4.78, 5) is 0. The molecular weight excluding hydrogens is 258 g/mol. The molecule has 6 nitrogen and oxygen atoms in total. The standard InChI is InChI=1S/C14H17N3O3/c1-19-5-4-17-8-10(7-15-17)16-13-9-20-14-6-11(18)2-3-12(13)14/h2-3,6-8,13,16,18H,4-5,9H2,1H3. The minimum Gasteiger partial charge on any atom is -0.508 e. The van der Waals surface area contributed by atoms with Crippen molar-refractivity contribution < 1.29 is 14.6 Å².